The van der Waals surface area contributed by atoms with Crippen molar-refractivity contribution in [3.05, 3.63) is 81.3 Å². The second-order valence-corrected chi connectivity index (χ2v) is 9.58. The first kappa shape index (κ1) is 22.9. The van der Waals surface area contributed by atoms with Gasteiger partial charge in [-0.3, -0.25) is 14.9 Å². The average molecular weight is 494 g/mol. The number of halogens is 2. The van der Waals surface area contributed by atoms with Gasteiger partial charge in [0, 0.05) is 43.9 Å². The van der Waals surface area contributed by atoms with Crippen molar-refractivity contribution in [1.82, 2.24) is 9.21 Å². The fraction of sp³-hybridized carbons (Fsp3) is 0.190. The summed E-state index contributed by atoms with van der Waals surface area (Å²) in [6.45, 7) is 0.446. The molecule has 3 aromatic rings. The Labute approximate surface area is 193 Å². The van der Waals surface area contributed by atoms with Crippen molar-refractivity contribution in [3.63, 3.8) is 0 Å². The molecule has 9 nitrogen and oxygen atoms in total. The second kappa shape index (κ2) is 8.93. The maximum atomic E-state index is 13.1. The zero-order chi connectivity index (χ0) is 23.8. The van der Waals surface area contributed by atoms with Crippen LogP contribution < -0.4 is 0 Å². The average Bonchev–Trinajstić information content (AvgIpc) is 3.29. The van der Waals surface area contributed by atoms with Gasteiger partial charge in [0.05, 0.1) is 14.8 Å². The van der Waals surface area contributed by atoms with Gasteiger partial charge in [0.15, 0.2) is 5.76 Å². The molecule has 33 heavy (non-hydrogen) atoms. The first-order chi connectivity index (χ1) is 15.7. The maximum absolute atomic E-state index is 13.1. The van der Waals surface area contributed by atoms with E-state index in [4.69, 9.17) is 16.0 Å². The largest absolute Gasteiger partial charge is 0.451 e. The van der Waals surface area contributed by atoms with Crippen LogP contribution in [0.15, 0.2) is 63.9 Å². The summed E-state index contributed by atoms with van der Waals surface area (Å²) in [6, 6.07) is 11.5. The van der Waals surface area contributed by atoms with Crippen molar-refractivity contribution >= 4 is 33.2 Å². The van der Waals surface area contributed by atoms with E-state index in [0.717, 1.165) is 12.1 Å². The lowest BCUT2D eigenvalue weighted by molar-refractivity contribution is -0.384. The summed E-state index contributed by atoms with van der Waals surface area (Å²) in [5.74, 6) is -0.639. The Morgan fingerprint density at radius 3 is 2.30 bits per heavy atom. The highest BCUT2D eigenvalue weighted by atomic mass is 35.5. The van der Waals surface area contributed by atoms with Gasteiger partial charge in [-0.2, -0.15) is 4.31 Å². The molecule has 0 aliphatic carbocycles. The van der Waals surface area contributed by atoms with Gasteiger partial charge in [0.1, 0.15) is 11.6 Å². The van der Waals surface area contributed by atoms with Crippen molar-refractivity contribution in [3.8, 4) is 11.3 Å². The molecule has 1 amide bonds. The lowest BCUT2D eigenvalue weighted by Crippen LogP contribution is -2.50. The molecule has 4 rings (SSSR count). The number of furan rings is 1. The SMILES string of the molecule is O=C(c1ccc(-c2ccc([N+](=O)[O-])cc2Cl)o1)N1CCN(S(=O)(=O)c2ccc(F)cc2)CC1. The topological polar surface area (TPSA) is 114 Å². The molecule has 2 heterocycles. The van der Waals surface area contributed by atoms with Crippen molar-refractivity contribution in [2.75, 3.05) is 26.2 Å². The Bertz CT molecular complexity index is 1320. The lowest BCUT2D eigenvalue weighted by atomic mass is 10.1. The smallest absolute Gasteiger partial charge is 0.289 e. The monoisotopic (exact) mass is 493 g/mol. The van der Waals surface area contributed by atoms with E-state index in [1.165, 1.54) is 51.7 Å². The Hall–Kier alpha value is -3.28. The first-order valence-corrected chi connectivity index (χ1v) is 11.6. The Balaban J connectivity index is 1.44. The number of non-ortho nitro benzene ring substituents is 1. The summed E-state index contributed by atoms with van der Waals surface area (Å²) < 4.78 is 45.4. The first-order valence-electron chi connectivity index (χ1n) is 9.76. The molecule has 1 aliphatic heterocycles. The summed E-state index contributed by atoms with van der Waals surface area (Å²) in [4.78, 5) is 24.6. The Kier molecular flexibility index (Phi) is 6.19. The van der Waals surface area contributed by atoms with Gasteiger partial charge < -0.3 is 9.32 Å². The van der Waals surface area contributed by atoms with E-state index in [0.29, 0.717) is 5.56 Å². The molecule has 1 aliphatic rings. The number of nitro benzene ring substituents is 1. The highest BCUT2D eigenvalue weighted by Crippen LogP contribution is 2.32. The highest BCUT2D eigenvalue weighted by Gasteiger charge is 2.31. The minimum absolute atomic E-state index is 0.0145. The van der Waals surface area contributed by atoms with E-state index < -0.39 is 26.7 Å². The van der Waals surface area contributed by atoms with Gasteiger partial charge in [-0.25, -0.2) is 12.8 Å². The van der Waals surface area contributed by atoms with Gasteiger partial charge >= 0.3 is 0 Å². The van der Waals surface area contributed by atoms with Crippen LogP contribution in [-0.4, -0.2) is 54.6 Å². The summed E-state index contributed by atoms with van der Waals surface area (Å²) in [5.41, 5.74) is 0.233. The summed E-state index contributed by atoms with van der Waals surface area (Å²) in [5, 5.41) is 11.0. The third-order valence-corrected chi connectivity index (χ3v) is 7.45. The van der Waals surface area contributed by atoms with Gasteiger partial charge in [-0.05, 0) is 42.5 Å². The molecule has 0 radical (unpaired) electrons. The predicted octanol–water partition coefficient (Wildman–Crippen LogP) is 3.79. The number of carbonyl (C=O) groups is 1. The summed E-state index contributed by atoms with van der Waals surface area (Å²) in [7, 11) is -3.80. The predicted molar refractivity (Wildman–Crippen MR) is 117 cm³/mol. The third kappa shape index (κ3) is 4.61. The number of hydrogen-bond donors (Lipinski definition) is 0. The van der Waals surface area contributed by atoms with E-state index in [2.05, 4.69) is 0 Å². The van der Waals surface area contributed by atoms with Crippen LogP contribution in [-0.2, 0) is 10.0 Å². The van der Waals surface area contributed by atoms with Gasteiger partial charge in [0.2, 0.25) is 10.0 Å². The van der Waals surface area contributed by atoms with Crippen molar-refractivity contribution in [2.45, 2.75) is 4.90 Å². The number of nitrogens with zero attached hydrogens (tertiary/aromatic N) is 3. The number of benzene rings is 2. The van der Waals surface area contributed by atoms with Gasteiger partial charge in [-0.1, -0.05) is 11.6 Å². The van der Waals surface area contributed by atoms with E-state index >= 15 is 0 Å². The second-order valence-electron chi connectivity index (χ2n) is 7.24. The van der Waals surface area contributed by atoms with E-state index in [-0.39, 0.29) is 53.3 Å². The number of carbonyl (C=O) groups excluding carboxylic acids is 1. The molecule has 1 fully saturated rings. The number of amides is 1. The lowest BCUT2D eigenvalue weighted by Gasteiger charge is -2.33. The molecule has 0 unspecified atom stereocenters. The van der Waals surface area contributed by atoms with Crippen LogP contribution in [0.2, 0.25) is 5.02 Å². The molecule has 0 N–H and O–H groups in total. The fourth-order valence-electron chi connectivity index (χ4n) is 3.46. The van der Waals surface area contributed by atoms with Crippen LogP contribution in [0.25, 0.3) is 11.3 Å². The molecular weight excluding hydrogens is 477 g/mol. The number of rotatable bonds is 5. The Morgan fingerprint density at radius 1 is 1.03 bits per heavy atom. The van der Waals surface area contributed by atoms with Crippen LogP contribution in [0.3, 0.4) is 0 Å². The third-order valence-electron chi connectivity index (χ3n) is 5.22. The quantitative estimate of drug-likeness (QED) is 0.394. The summed E-state index contributed by atoms with van der Waals surface area (Å²) >= 11 is 6.12. The van der Waals surface area contributed by atoms with E-state index in [1.807, 2.05) is 0 Å². The van der Waals surface area contributed by atoms with Crippen molar-refractivity contribution in [1.29, 1.82) is 0 Å². The van der Waals surface area contributed by atoms with E-state index in [9.17, 15) is 27.7 Å². The number of hydrogen-bond acceptors (Lipinski definition) is 6. The number of nitro groups is 1. The molecule has 12 heteroatoms. The fourth-order valence-corrected chi connectivity index (χ4v) is 5.15. The minimum atomic E-state index is -3.80. The molecule has 0 saturated carbocycles. The van der Waals surface area contributed by atoms with Gasteiger partial charge in [-0.15, -0.1) is 0 Å². The summed E-state index contributed by atoms with van der Waals surface area (Å²) in [6.07, 6.45) is 0. The Morgan fingerprint density at radius 2 is 1.70 bits per heavy atom. The molecule has 1 aromatic heterocycles. The molecule has 172 valence electrons. The molecular formula is C21H17ClFN3O6S. The molecule has 2 aromatic carbocycles. The highest BCUT2D eigenvalue weighted by molar-refractivity contribution is 7.89. The van der Waals surface area contributed by atoms with Crippen LogP contribution in [0.1, 0.15) is 10.6 Å². The van der Waals surface area contributed by atoms with Crippen LogP contribution >= 0.6 is 11.6 Å². The zero-order valence-corrected chi connectivity index (χ0v) is 18.6. The van der Waals surface area contributed by atoms with Crippen molar-refractivity contribution < 1.29 is 26.9 Å². The molecule has 0 spiro atoms. The van der Waals surface area contributed by atoms with E-state index in [1.54, 1.807) is 0 Å². The minimum Gasteiger partial charge on any atom is -0.451 e. The molecule has 1 saturated heterocycles. The number of sulfonamides is 1. The molecule has 0 atom stereocenters. The normalized spacial score (nSPS) is 14.9. The number of piperazine rings is 1. The van der Waals surface area contributed by atoms with Crippen LogP contribution in [0.5, 0.6) is 0 Å². The van der Waals surface area contributed by atoms with Gasteiger partial charge in [0.25, 0.3) is 11.6 Å². The zero-order valence-electron chi connectivity index (χ0n) is 17.0. The van der Waals surface area contributed by atoms with Crippen molar-refractivity contribution in [2.24, 2.45) is 0 Å². The van der Waals surface area contributed by atoms with Crippen LogP contribution in [0, 0.1) is 15.9 Å². The standard InChI is InChI=1S/C21H17ClFN3O6S/c22-18-13-15(26(28)29)3-6-17(18)19-7-8-20(32-19)21(27)24-9-11-25(12-10-24)33(30,31)16-4-1-14(23)2-5-16/h1-8,13H,9-12H2. The van der Waals surface area contributed by atoms with Crippen LogP contribution in [0.4, 0.5) is 10.1 Å². The maximum Gasteiger partial charge on any atom is 0.289 e. The molecule has 0 bridgehead atoms.